The highest BCUT2D eigenvalue weighted by Crippen LogP contribution is 2.01. The predicted molar refractivity (Wildman–Crippen MR) is 53.0 cm³/mol. The molecule has 0 saturated carbocycles. The monoisotopic (exact) mass is 192 g/mol. The molecule has 0 radical (unpaired) electrons. The lowest BCUT2D eigenvalue weighted by Gasteiger charge is -2.18. The molecule has 0 amide bonds. The minimum Gasteiger partial charge on any atom is -0.351 e. The maximum absolute atomic E-state index is 11.3. The number of rotatable bonds is 4. The molecule has 74 valence electrons. The van der Waals surface area contributed by atoms with Crippen molar-refractivity contribution in [2.24, 2.45) is 0 Å². The van der Waals surface area contributed by atoms with E-state index < -0.39 is 0 Å². The van der Waals surface area contributed by atoms with Crippen molar-refractivity contribution in [3.05, 3.63) is 22.7 Å². The van der Waals surface area contributed by atoms with Gasteiger partial charge in [0.1, 0.15) is 0 Å². The van der Waals surface area contributed by atoms with Gasteiger partial charge in [0.05, 0.1) is 12.5 Å². The Morgan fingerprint density at radius 3 is 3.07 bits per heavy atom. The zero-order valence-corrected chi connectivity index (χ0v) is 8.03. The summed E-state index contributed by atoms with van der Waals surface area (Å²) in [5.74, 6) is 0.380. The van der Waals surface area contributed by atoms with E-state index in [1.54, 1.807) is 4.90 Å². The molecule has 0 fully saturated rings. The fourth-order valence-corrected chi connectivity index (χ4v) is 1.17. The molecule has 0 saturated heterocycles. The first-order valence-corrected chi connectivity index (χ1v) is 4.45. The van der Waals surface area contributed by atoms with Crippen LogP contribution in [0, 0.1) is 11.3 Å². The Balaban J connectivity index is 2.85. The summed E-state index contributed by atoms with van der Waals surface area (Å²) < 4.78 is 0. The van der Waals surface area contributed by atoms with E-state index in [-0.39, 0.29) is 5.56 Å². The molecule has 0 spiro atoms. The van der Waals surface area contributed by atoms with Crippen LogP contribution in [0.3, 0.4) is 0 Å². The van der Waals surface area contributed by atoms with Gasteiger partial charge in [-0.3, -0.25) is 4.79 Å². The summed E-state index contributed by atoms with van der Waals surface area (Å²) in [4.78, 5) is 19.6. The van der Waals surface area contributed by atoms with Crippen molar-refractivity contribution in [3.63, 3.8) is 0 Å². The molecule has 0 unspecified atom stereocenters. The van der Waals surface area contributed by atoms with Crippen molar-refractivity contribution in [1.82, 2.24) is 9.97 Å². The van der Waals surface area contributed by atoms with Gasteiger partial charge in [0.25, 0.3) is 5.56 Å². The van der Waals surface area contributed by atoms with Gasteiger partial charge in [-0.1, -0.05) is 0 Å². The summed E-state index contributed by atoms with van der Waals surface area (Å²) in [7, 11) is 0. The Hall–Kier alpha value is -1.83. The SMILES string of the molecule is CCN(CCC#N)c1ncc[nH]c1=O. The van der Waals surface area contributed by atoms with E-state index in [2.05, 4.69) is 9.97 Å². The number of anilines is 1. The molecule has 0 atom stereocenters. The molecule has 1 aromatic heterocycles. The van der Waals surface area contributed by atoms with Crippen LogP contribution in [0.1, 0.15) is 13.3 Å². The molecular weight excluding hydrogens is 180 g/mol. The summed E-state index contributed by atoms with van der Waals surface area (Å²) in [6.07, 6.45) is 3.42. The van der Waals surface area contributed by atoms with E-state index >= 15 is 0 Å². The average molecular weight is 192 g/mol. The molecule has 1 heterocycles. The summed E-state index contributed by atoms with van der Waals surface area (Å²) in [6, 6.07) is 2.04. The molecule has 5 nitrogen and oxygen atoms in total. The van der Waals surface area contributed by atoms with Gasteiger partial charge in [0.15, 0.2) is 5.82 Å². The van der Waals surface area contributed by atoms with Crippen LogP contribution in [0.5, 0.6) is 0 Å². The standard InChI is InChI=1S/C9H12N4O/c1-2-13(7-3-4-10)8-9(14)12-6-5-11-8/h5-6H,2-3,7H2,1H3,(H,12,14). The molecule has 1 N–H and O–H groups in total. The molecule has 0 aromatic carbocycles. The van der Waals surface area contributed by atoms with Gasteiger partial charge in [-0.25, -0.2) is 4.98 Å². The van der Waals surface area contributed by atoms with Gasteiger partial charge in [0, 0.05) is 25.5 Å². The highest BCUT2D eigenvalue weighted by atomic mass is 16.1. The van der Waals surface area contributed by atoms with Crippen molar-refractivity contribution in [3.8, 4) is 6.07 Å². The molecule has 0 aliphatic rings. The minimum atomic E-state index is -0.215. The summed E-state index contributed by atoms with van der Waals surface area (Å²) in [5, 5.41) is 8.44. The molecule has 0 aliphatic heterocycles. The van der Waals surface area contributed by atoms with Gasteiger partial charge >= 0.3 is 0 Å². The molecule has 1 rings (SSSR count). The van der Waals surface area contributed by atoms with Gasteiger partial charge in [-0.05, 0) is 6.92 Å². The first-order chi connectivity index (χ1) is 6.79. The van der Waals surface area contributed by atoms with Crippen LogP contribution in [0.15, 0.2) is 17.2 Å². The molecule has 1 aromatic rings. The van der Waals surface area contributed by atoms with Crippen molar-refractivity contribution in [1.29, 1.82) is 5.26 Å². The minimum absolute atomic E-state index is 0.215. The second kappa shape index (κ2) is 5.02. The maximum atomic E-state index is 11.3. The number of H-pyrrole nitrogens is 1. The van der Waals surface area contributed by atoms with Crippen molar-refractivity contribution in [2.75, 3.05) is 18.0 Å². The van der Waals surface area contributed by atoms with Crippen LogP contribution < -0.4 is 10.5 Å². The number of nitriles is 1. The second-order valence-electron chi connectivity index (χ2n) is 2.73. The van der Waals surface area contributed by atoms with Gasteiger partial charge in [0.2, 0.25) is 0 Å². The third kappa shape index (κ3) is 2.33. The first kappa shape index (κ1) is 10.3. The third-order valence-electron chi connectivity index (χ3n) is 1.86. The molecule has 5 heteroatoms. The average Bonchev–Trinajstić information content (AvgIpc) is 2.21. The highest BCUT2D eigenvalue weighted by molar-refractivity contribution is 5.34. The lowest BCUT2D eigenvalue weighted by atomic mass is 10.4. The largest absolute Gasteiger partial charge is 0.351 e. The lowest BCUT2D eigenvalue weighted by molar-refractivity contribution is 0.800. The van der Waals surface area contributed by atoms with Crippen molar-refractivity contribution < 1.29 is 0 Å². The zero-order chi connectivity index (χ0) is 10.4. The van der Waals surface area contributed by atoms with E-state index in [4.69, 9.17) is 5.26 Å². The number of nitrogens with zero attached hydrogens (tertiary/aromatic N) is 3. The van der Waals surface area contributed by atoms with Crippen LogP contribution >= 0.6 is 0 Å². The van der Waals surface area contributed by atoms with Crippen LogP contribution in [-0.2, 0) is 0 Å². The van der Waals surface area contributed by atoms with Crippen molar-refractivity contribution >= 4 is 5.82 Å². The smallest absolute Gasteiger partial charge is 0.290 e. The van der Waals surface area contributed by atoms with E-state index in [9.17, 15) is 4.79 Å². The molecule has 0 aliphatic carbocycles. The Labute approximate surface area is 82.0 Å². The number of aromatic nitrogens is 2. The lowest BCUT2D eigenvalue weighted by Crippen LogP contribution is -2.30. The fraction of sp³-hybridized carbons (Fsp3) is 0.444. The molecular formula is C9H12N4O. The quantitative estimate of drug-likeness (QED) is 0.754. The van der Waals surface area contributed by atoms with E-state index in [0.717, 1.165) is 0 Å². The normalized spacial score (nSPS) is 9.43. The number of aromatic amines is 1. The second-order valence-corrected chi connectivity index (χ2v) is 2.73. The highest BCUT2D eigenvalue weighted by Gasteiger charge is 2.08. The van der Waals surface area contributed by atoms with E-state index in [1.807, 2.05) is 13.0 Å². The van der Waals surface area contributed by atoms with Crippen LogP contribution in [0.25, 0.3) is 0 Å². The zero-order valence-electron chi connectivity index (χ0n) is 8.03. The molecule has 0 bridgehead atoms. The number of hydrogen-bond acceptors (Lipinski definition) is 4. The third-order valence-corrected chi connectivity index (χ3v) is 1.86. The van der Waals surface area contributed by atoms with Gasteiger partial charge < -0.3 is 9.88 Å². The Morgan fingerprint density at radius 1 is 1.71 bits per heavy atom. The molecule has 14 heavy (non-hydrogen) atoms. The van der Waals surface area contributed by atoms with Gasteiger partial charge in [-0.2, -0.15) is 5.26 Å². The van der Waals surface area contributed by atoms with Gasteiger partial charge in [-0.15, -0.1) is 0 Å². The first-order valence-electron chi connectivity index (χ1n) is 4.45. The fourth-order valence-electron chi connectivity index (χ4n) is 1.17. The van der Waals surface area contributed by atoms with Crippen LogP contribution in [0.4, 0.5) is 5.82 Å². The van der Waals surface area contributed by atoms with E-state index in [0.29, 0.717) is 25.3 Å². The number of hydrogen-bond donors (Lipinski definition) is 1. The Morgan fingerprint density at radius 2 is 2.50 bits per heavy atom. The summed E-state index contributed by atoms with van der Waals surface area (Å²) in [6.45, 7) is 3.13. The Bertz CT molecular complexity index is 379. The Kier molecular flexibility index (Phi) is 3.68. The predicted octanol–water partition coefficient (Wildman–Crippen LogP) is 0.510. The van der Waals surface area contributed by atoms with Crippen LogP contribution in [-0.4, -0.2) is 23.1 Å². The summed E-state index contributed by atoms with van der Waals surface area (Å²) in [5.41, 5.74) is -0.215. The number of nitrogens with one attached hydrogen (secondary N) is 1. The van der Waals surface area contributed by atoms with Crippen LogP contribution in [0.2, 0.25) is 0 Å². The maximum Gasteiger partial charge on any atom is 0.290 e. The van der Waals surface area contributed by atoms with E-state index in [1.165, 1.54) is 12.4 Å². The topological polar surface area (TPSA) is 72.8 Å². The summed E-state index contributed by atoms with van der Waals surface area (Å²) >= 11 is 0. The van der Waals surface area contributed by atoms with Crippen molar-refractivity contribution in [2.45, 2.75) is 13.3 Å².